The summed E-state index contributed by atoms with van der Waals surface area (Å²) in [7, 11) is 0. The SMILES string of the molecule is C[C@@H](C[C@H](O)c1cccs1)NC(=O)Nc1cccc(C(=O)c2ccccc2)c1. The molecule has 0 spiro atoms. The van der Waals surface area contributed by atoms with Crippen LogP contribution in [0.25, 0.3) is 0 Å². The highest BCUT2D eigenvalue weighted by atomic mass is 32.1. The number of rotatable bonds is 7. The number of nitrogens with one attached hydrogen (secondary N) is 2. The lowest BCUT2D eigenvalue weighted by molar-refractivity contribution is 0.103. The second-order valence-electron chi connectivity index (χ2n) is 6.54. The van der Waals surface area contributed by atoms with E-state index in [-0.39, 0.29) is 17.9 Å². The molecule has 28 heavy (non-hydrogen) atoms. The van der Waals surface area contributed by atoms with Gasteiger partial charge in [-0.2, -0.15) is 0 Å². The molecule has 2 aromatic carbocycles. The molecule has 3 N–H and O–H groups in total. The third-order valence-corrected chi connectivity index (χ3v) is 5.22. The molecule has 0 aliphatic rings. The van der Waals surface area contributed by atoms with Crippen LogP contribution < -0.4 is 10.6 Å². The summed E-state index contributed by atoms with van der Waals surface area (Å²) in [6, 6.07) is 19.0. The minimum Gasteiger partial charge on any atom is -0.387 e. The first-order valence-corrected chi connectivity index (χ1v) is 9.89. The Morgan fingerprint density at radius 1 is 1.00 bits per heavy atom. The fraction of sp³-hybridized carbons (Fsp3) is 0.182. The number of amides is 2. The van der Waals surface area contributed by atoms with Crippen molar-refractivity contribution in [1.29, 1.82) is 0 Å². The zero-order valence-corrected chi connectivity index (χ0v) is 16.3. The molecule has 5 nitrogen and oxygen atoms in total. The molecule has 144 valence electrons. The highest BCUT2D eigenvalue weighted by molar-refractivity contribution is 7.10. The Kier molecular flexibility index (Phi) is 6.57. The van der Waals surface area contributed by atoms with Gasteiger partial charge in [-0.05, 0) is 36.9 Å². The Labute approximate surface area is 168 Å². The van der Waals surface area contributed by atoms with E-state index in [9.17, 15) is 14.7 Å². The fourth-order valence-electron chi connectivity index (χ4n) is 2.88. The lowest BCUT2D eigenvalue weighted by Crippen LogP contribution is -2.37. The summed E-state index contributed by atoms with van der Waals surface area (Å²) in [5, 5.41) is 17.7. The van der Waals surface area contributed by atoms with E-state index in [4.69, 9.17) is 0 Å². The Morgan fingerprint density at radius 2 is 1.75 bits per heavy atom. The van der Waals surface area contributed by atoms with Crippen LogP contribution in [-0.2, 0) is 0 Å². The average molecular weight is 394 g/mol. The van der Waals surface area contributed by atoms with E-state index in [1.54, 1.807) is 36.4 Å². The third-order valence-electron chi connectivity index (χ3n) is 4.24. The van der Waals surface area contributed by atoms with Gasteiger partial charge in [0.1, 0.15) is 0 Å². The molecule has 0 aliphatic heterocycles. The summed E-state index contributed by atoms with van der Waals surface area (Å²) < 4.78 is 0. The van der Waals surface area contributed by atoms with E-state index >= 15 is 0 Å². The third kappa shape index (κ3) is 5.28. The van der Waals surface area contributed by atoms with Gasteiger partial charge < -0.3 is 15.7 Å². The van der Waals surface area contributed by atoms with E-state index in [2.05, 4.69) is 10.6 Å². The van der Waals surface area contributed by atoms with Crippen LogP contribution in [0, 0.1) is 0 Å². The van der Waals surface area contributed by atoms with E-state index < -0.39 is 6.10 Å². The standard InChI is InChI=1S/C22H22N2O3S/c1-15(13-19(25)20-11-6-12-28-20)23-22(27)24-18-10-5-9-17(14-18)21(26)16-7-3-2-4-8-16/h2-12,14-15,19,25H,13H2,1H3,(H2,23,24,27)/t15-,19-/m0/s1. The number of ketones is 1. The van der Waals surface area contributed by atoms with Crippen molar-refractivity contribution in [3.05, 3.63) is 88.1 Å². The summed E-state index contributed by atoms with van der Waals surface area (Å²) in [5.41, 5.74) is 1.63. The number of benzene rings is 2. The maximum atomic E-state index is 12.5. The summed E-state index contributed by atoms with van der Waals surface area (Å²) in [6.07, 6.45) is -0.192. The van der Waals surface area contributed by atoms with Gasteiger partial charge in [-0.1, -0.05) is 48.5 Å². The molecule has 0 fully saturated rings. The molecule has 6 heteroatoms. The molecule has 0 saturated heterocycles. The zero-order chi connectivity index (χ0) is 19.9. The number of carbonyl (C=O) groups excluding carboxylic acids is 2. The predicted octanol–water partition coefficient (Wildman–Crippen LogP) is 4.61. The van der Waals surface area contributed by atoms with Crippen LogP contribution in [0.2, 0.25) is 0 Å². The van der Waals surface area contributed by atoms with Crippen molar-refractivity contribution in [2.45, 2.75) is 25.5 Å². The predicted molar refractivity (Wildman–Crippen MR) is 112 cm³/mol. The van der Waals surface area contributed by atoms with Crippen LogP contribution in [0.5, 0.6) is 0 Å². The zero-order valence-electron chi connectivity index (χ0n) is 15.5. The summed E-state index contributed by atoms with van der Waals surface area (Å²) in [5.74, 6) is -0.0999. The first-order chi connectivity index (χ1) is 13.5. The number of hydrogen-bond donors (Lipinski definition) is 3. The first-order valence-electron chi connectivity index (χ1n) is 9.01. The van der Waals surface area contributed by atoms with Gasteiger partial charge in [0, 0.05) is 27.7 Å². The summed E-state index contributed by atoms with van der Waals surface area (Å²) in [4.78, 5) is 25.7. The molecule has 3 aromatic rings. The Balaban J connectivity index is 1.57. The van der Waals surface area contributed by atoms with Gasteiger partial charge in [0.25, 0.3) is 0 Å². The van der Waals surface area contributed by atoms with Gasteiger partial charge in [-0.15, -0.1) is 11.3 Å². The maximum absolute atomic E-state index is 12.5. The Hall–Kier alpha value is -2.96. The Morgan fingerprint density at radius 3 is 2.46 bits per heavy atom. The molecule has 0 bridgehead atoms. The van der Waals surface area contributed by atoms with Crippen molar-refractivity contribution >= 4 is 28.8 Å². The van der Waals surface area contributed by atoms with Crippen molar-refractivity contribution in [3.63, 3.8) is 0 Å². The van der Waals surface area contributed by atoms with Gasteiger partial charge in [0.05, 0.1) is 6.10 Å². The normalized spacial score (nSPS) is 12.8. The number of hydrogen-bond acceptors (Lipinski definition) is 4. The van der Waals surface area contributed by atoms with Crippen LogP contribution in [0.1, 0.15) is 40.2 Å². The van der Waals surface area contributed by atoms with Gasteiger partial charge in [0.15, 0.2) is 5.78 Å². The van der Waals surface area contributed by atoms with Crippen LogP contribution in [0.3, 0.4) is 0 Å². The van der Waals surface area contributed by atoms with Crippen LogP contribution in [-0.4, -0.2) is 23.0 Å². The average Bonchev–Trinajstić information content (AvgIpc) is 3.23. The van der Waals surface area contributed by atoms with E-state index in [0.717, 1.165) is 4.88 Å². The minimum absolute atomic E-state index is 0.0999. The molecule has 2 atom stereocenters. The van der Waals surface area contributed by atoms with Crippen molar-refractivity contribution < 1.29 is 14.7 Å². The summed E-state index contributed by atoms with van der Waals surface area (Å²) in [6.45, 7) is 1.84. The lowest BCUT2D eigenvalue weighted by atomic mass is 10.0. The van der Waals surface area contributed by atoms with E-state index in [1.165, 1.54) is 11.3 Å². The van der Waals surface area contributed by atoms with Crippen LogP contribution in [0.15, 0.2) is 72.1 Å². The van der Waals surface area contributed by atoms with Crippen LogP contribution >= 0.6 is 11.3 Å². The van der Waals surface area contributed by atoms with E-state index in [1.807, 2.05) is 42.6 Å². The molecule has 0 saturated carbocycles. The second kappa shape index (κ2) is 9.30. The minimum atomic E-state index is -0.609. The molecule has 0 unspecified atom stereocenters. The number of aliphatic hydroxyl groups is 1. The van der Waals surface area contributed by atoms with Crippen molar-refractivity contribution in [3.8, 4) is 0 Å². The topological polar surface area (TPSA) is 78.4 Å². The van der Waals surface area contributed by atoms with Gasteiger partial charge in [0.2, 0.25) is 0 Å². The fourth-order valence-corrected chi connectivity index (χ4v) is 3.60. The largest absolute Gasteiger partial charge is 0.387 e. The summed E-state index contributed by atoms with van der Waals surface area (Å²) >= 11 is 1.49. The molecule has 3 rings (SSSR count). The monoisotopic (exact) mass is 394 g/mol. The van der Waals surface area contributed by atoms with Crippen molar-refractivity contribution in [2.75, 3.05) is 5.32 Å². The van der Waals surface area contributed by atoms with Crippen molar-refractivity contribution in [2.24, 2.45) is 0 Å². The lowest BCUT2D eigenvalue weighted by Gasteiger charge is -2.17. The highest BCUT2D eigenvalue weighted by Crippen LogP contribution is 2.23. The smallest absolute Gasteiger partial charge is 0.319 e. The number of anilines is 1. The van der Waals surface area contributed by atoms with Gasteiger partial charge >= 0.3 is 6.03 Å². The van der Waals surface area contributed by atoms with Gasteiger partial charge in [-0.3, -0.25) is 4.79 Å². The molecule has 1 heterocycles. The quantitative estimate of drug-likeness (QED) is 0.512. The Bertz CT molecular complexity index is 926. The number of thiophene rings is 1. The number of aliphatic hydroxyl groups excluding tert-OH is 1. The number of carbonyl (C=O) groups is 2. The molecular formula is C22H22N2O3S. The number of urea groups is 1. The first kappa shape index (κ1) is 19.8. The molecule has 0 aliphatic carbocycles. The van der Waals surface area contributed by atoms with Crippen LogP contribution in [0.4, 0.5) is 10.5 Å². The molecular weight excluding hydrogens is 372 g/mol. The maximum Gasteiger partial charge on any atom is 0.319 e. The highest BCUT2D eigenvalue weighted by Gasteiger charge is 2.16. The van der Waals surface area contributed by atoms with E-state index in [0.29, 0.717) is 23.2 Å². The van der Waals surface area contributed by atoms with Gasteiger partial charge in [-0.25, -0.2) is 4.79 Å². The second-order valence-corrected chi connectivity index (χ2v) is 7.52. The molecule has 0 radical (unpaired) electrons. The van der Waals surface area contributed by atoms with Crippen molar-refractivity contribution in [1.82, 2.24) is 5.32 Å². The molecule has 2 amide bonds. The molecule has 1 aromatic heterocycles.